The molecule has 1 aromatic rings. The van der Waals surface area contributed by atoms with Gasteiger partial charge < -0.3 is 5.73 Å². The first-order valence-electron chi connectivity index (χ1n) is 6.17. The molecular formula is C12H17N5O2S2. The van der Waals surface area contributed by atoms with Crippen molar-refractivity contribution in [3.05, 3.63) is 35.4 Å². The van der Waals surface area contributed by atoms with Crippen LogP contribution in [0.15, 0.2) is 34.3 Å². The first-order valence-corrected chi connectivity index (χ1v) is 8.87. The Bertz CT molecular complexity index is 698. The summed E-state index contributed by atoms with van der Waals surface area (Å²) in [6, 6.07) is 4.86. The van der Waals surface area contributed by atoms with Crippen molar-refractivity contribution in [3.63, 3.8) is 0 Å². The van der Waals surface area contributed by atoms with E-state index in [0.717, 1.165) is 29.1 Å². The molecule has 0 bridgehead atoms. The van der Waals surface area contributed by atoms with Gasteiger partial charge in [-0.2, -0.15) is 11.8 Å². The molecule has 0 radical (unpaired) electrons. The Morgan fingerprint density at radius 1 is 1.38 bits per heavy atom. The molecule has 1 aromatic carbocycles. The van der Waals surface area contributed by atoms with Crippen LogP contribution in [0.25, 0.3) is 5.57 Å². The van der Waals surface area contributed by atoms with Crippen molar-refractivity contribution in [3.8, 4) is 0 Å². The Kier molecular flexibility index (Phi) is 4.88. The Morgan fingerprint density at radius 2 is 2.14 bits per heavy atom. The van der Waals surface area contributed by atoms with Gasteiger partial charge in [0, 0.05) is 11.3 Å². The average Bonchev–Trinajstić information content (AvgIpc) is 2.46. The van der Waals surface area contributed by atoms with Crippen LogP contribution in [-0.4, -0.2) is 25.8 Å². The van der Waals surface area contributed by atoms with Crippen LogP contribution in [0.4, 0.5) is 0 Å². The molecule has 7 N–H and O–H groups in total. The summed E-state index contributed by atoms with van der Waals surface area (Å²) in [5.41, 5.74) is 9.98. The number of amidine groups is 1. The van der Waals surface area contributed by atoms with Crippen LogP contribution in [0.3, 0.4) is 0 Å². The molecule has 1 heterocycles. The number of allylic oxidation sites excluding steroid dienone is 1. The zero-order valence-corrected chi connectivity index (χ0v) is 12.9. The predicted molar refractivity (Wildman–Crippen MR) is 85.8 cm³/mol. The summed E-state index contributed by atoms with van der Waals surface area (Å²) in [6.45, 7) is 0. The summed E-state index contributed by atoms with van der Waals surface area (Å²) < 4.78 is 23.6. The number of hydrogen-bond acceptors (Lipinski definition) is 6. The molecule has 1 aliphatic heterocycles. The molecule has 114 valence electrons. The van der Waals surface area contributed by atoms with E-state index in [4.69, 9.17) is 16.7 Å². The molecule has 1 aliphatic rings. The van der Waals surface area contributed by atoms with E-state index in [1.807, 2.05) is 17.8 Å². The lowest BCUT2D eigenvalue weighted by molar-refractivity contribution is 0.597. The predicted octanol–water partition coefficient (Wildman–Crippen LogP) is -0.0621. The highest BCUT2D eigenvalue weighted by Gasteiger charge is 2.22. The van der Waals surface area contributed by atoms with E-state index in [-0.39, 0.29) is 16.3 Å². The summed E-state index contributed by atoms with van der Waals surface area (Å²) in [4.78, 5) is -0.0596. The van der Waals surface area contributed by atoms with Crippen LogP contribution in [-0.2, 0) is 10.0 Å². The lowest BCUT2D eigenvalue weighted by atomic mass is 9.96. The van der Waals surface area contributed by atoms with Crippen molar-refractivity contribution >= 4 is 33.2 Å². The third-order valence-corrected chi connectivity index (χ3v) is 4.93. The van der Waals surface area contributed by atoms with Gasteiger partial charge in [-0.3, -0.25) is 0 Å². The molecule has 0 spiro atoms. The fraction of sp³-hybridized carbons (Fsp3) is 0.250. The highest BCUT2D eigenvalue weighted by Crippen LogP contribution is 2.30. The molecule has 0 aromatic heterocycles. The smallest absolute Gasteiger partial charge is 0.238 e. The number of nitrogens with one attached hydrogen (secondary N) is 1. The zero-order valence-electron chi connectivity index (χ0n) is 11.2. The molecular weight excluding hydrogens is 310 g/mol. The van der Waals surface area contributed by atoms with Crippen molar-refractivity contribution in [2.45, 2.75) is 11.3 Å². The van der Waals surface area contributed by atoms with Crippen LogP contribution in [0, 0.1) is 0 Å². The summed E-state index contributed by atoms with van der Waals surface area (Å²) in [6.07, 6.45) is 2.89. The first-order chi connectivity index (χ1) is 9.95. The van der Waals surface area contributed by atoms with E-state index in [0.29, 0.717) is 0 Å². The molecule has 0 saturated heterocycles. The van der Waals surface area contributed by atoms with Crippen molar-refractivity contribution < 1.29 is 8.42 Å². The molecule has 0 aliphatic carbocycles. The maximum Gasteiger partial charge on any atom is 0.238 e. The van der Waals surface area contributed by atoms with Gasteiger partial charge in [0.15, 0.2) is 5.84 Å². The molecule has 2 rings (SSSR count). The zero-order chi connectivity index (χ0) is 15.5. The lowest BCUT2D eigenvalue weighted by Gasteiger charge is -2.18. The van der Waals surface area contributed by atoms with Gasteiger partial charge in [0.1, 0.15) is 0 Å². The van der Waals surface area contributed by atoms with Crippen LogP contribution in [0.5, 0.6) is 0 Å². The van der Waals surface area contributed by atoms with E-state index in [1.54, 1.807) is 6.07 Å². The van der Waals surface area contributed by atoms with Crippen molar-refractivity contribution in [2.75, 3.05) is 11.5 Å². The first kappa shape index (κ1) is 15.8. The van der Waals surface area contributed by atoms with Crippen LogP contribution < -0.4 is 22.3 Å². The summed E-state index contributed by atoms with van der Waals surface area (Å²) in [7, 11) is -3.92. The second-order valence-electron chi connectivity index (χ2n) is 4.40. The SMILES string of the molecule is NN/N=C(\N)c1c(C2=CCSCC2)cccc1S(N)(=O)=O. The minimum Gasteiger partial charge on any atom is -0.382 e. The molecule has 0 saturated carbocycles. The van der Waals surface area contributed by atoms with Crippen molar-refractivity contribution in [1.29, 1.82) is 0 Å². The molecule has 9 heteroatoms. The van der Waals surface area contributed by atoms with Crippen LogP contribution in [0.2, 0.25) is 0 Å². The number of thioether (sulfide) groups is 1. The van der Waals surface area contributed by atoms with Gasteiger partial charge in [0.25, 0.3) is 0 Å². The van der Waals surface area contributed by atoms with E-state index in [1.165, 1.54) is 6.07 Å². The summed E-state index contributed by atoms with van der Waals surface area (Å²) in [5.74, 6) is 6.97. The van der Waals surface area contributed by atoms with E-state index >= 15 is 0 Å². The molecule has 0 unspecified atom stereocenters. The number of sulfonamides is 1. The number of hydrazone groups is 1. The van der Waals surface area contributed by atoms with Gasteiger partial charge in [-0.15, -0.1) is 5.10 Å². The quantitative estimate of drug-likeness (QED) is 0.265. The second kappa shape index (κ2) is 6.48. The molecule has 21 heavy (non-hydrogen) atoms. The van der Waals surface area contributed by atoms with Gasteiger partial charge in [0.05, 0.1) is 4.90 Å². The van der Waals surface area contributed by atoms with Crippen molar-refractivity contribution in [1.82, 2.24) is 5.53 Å². The molecule has 0 fully saturated rings. The number of primary sulfonamides is 1. The second-order valence-corrected chi connectivity index (χ2v) is 7.08. The Hall–Kier alpha value is -1.55. The standard InChI is InChI=1S/C12H17N5O2S2/c13-12(16-17-14)11-9(8-4-6-20-7-5-8)2-1-3-10(11)21(15,18)19/h1-4,17H,5-7,14H2,(H2,13,16)(H2,15,18,19). The third kappa shape index (κ3) is 3.56. The number of rotatable bonds is 4. The fourth-order valence-corrected chi connectivity index (χ4v) is 3.81. The minimum atomic E-state index is -3.92. The number of hydrogen-bond donors (Lipinski definition) is 4. The highest BCUT2D eigenvalue weighted by atomic mass is 32.2. The van der Waals surface area contributed by atoms with Crippen LogP contribution >= 0.6 is 11.8 Å². The van der Waals surface area contributed by atoms with Gasteiger partial charge in [-0.05, 0) is 29.4 Å². The summed E-state index contributed by atoms with van der Waals surface area (Å²) in [5, 5.41) is 8.97. The van der Waals surface area contributed by atoms with Gasteiger partial charge in [-0.25, -0.2) is 24.9 Å². The van der Waals surface area contributed by atoms with Crippen LogP contribution in [0.1, 0.15) is 17.5 Å². The van der Waals surface area contributed by atoms with E-state index in [2.05, 4.69) is 16.7 Å². The Labute approximate surface area is 127 Å². The van der Waals surface area contributed by atoms with Gasteiger partial charge in [0.2, 0.25) is 10.0 Å². The van der Waals surface area contributed by atoms with Crippen molar-refractivity contribution in [2.24, 2.45) is 21.8 Å². The summed E-state index contributed by atoms with van der Waals surface area (Å²) >= 11 is 1.81. The third-order valence-electron chi connectivity index (χ3n) is 3.08. The molecule has 7 nitrogen and oxygen atoms in total. The maximum atomic E-state index is 11.8. The largest absolute Gasteiger partial charge is 0.382 e. The Morgan fingerprint density at radius 3 is 2.71 bits per heavy atom. The van der Waals surface area contributed by atoms with Gasteiger partial charge >= 0.3 is 0 Å². The molecule has 0 amide bonds. The maximum absolute atomic E-state index is 11.8. The monoisotopic (exact) mass is 327 g/mol. The topological polar surface area (TPSA) is 137 Å². The number of nitrogens with two attached hydrogens (primary N) is 3. The number of hydrazine groups is 1. The normalized spacial score (nSPS) is 16.5. The number of benzene rings is 1. The number of nitrogens with zero attached hydrogens (tertiary/aromatic N) is 1. The van der Waals surface area contributed by atoms with E-state index < -0.39 is 10.0 Å². The molecule has 0 atom stereocenters. The Balaban J connectivity index is 2.70. The lowest BCUT2D eigenvalue weighted by Crippen LogP contribution is -2.27. The fourth-order valence-electron chi connectivity index (χ4n) is 2.20. The van der Waals surface area contributed by atoms with Gasteiger partial charge in [-0.1, -0.05) is 18.2 Å². The minimum absolute atomic E-state index is 0.0174. The average molecular weight is 327 g/mol. The van der Waals surface area contributed by atoms with E-state index in [9.17, 15) is 8.42 Å². The highest BCUT2D eigenvalue weighted by molar-refractivity contribution is 7.99.